The van der Waals surface area contributed by atoms with Gasteiger partial charge in [-0.3, -0.25) is 0 Å². The van der Waals surface area contributed by atoms with Crippen LogP contribution in [0.15, 0.2) is 195 Å². The Hall–Kier alpha value is -6.16. The molecule has 6 aliphatic rings. The van der Waals surface area contributed by atoms with Crippen molar-refractivity contribution in [3.63, 3.8) is 0 Å². The van der Waals surface area contributed by atoms with Crippen molar-refractivity contribution in [3.8, 4) is 22.3 Å². The van der Waals surface area contributed by atoms with Gasteiger partial charge in [-0.25, -0.2) is 4.99 Å². The summed E-state index contributed by atoms with van der Waals surface area (Å²) in [4.78, 5) is 10.6. The van der Waals surface area contributed by atoms with E-state index in [9.17, 15) is 0 Å². The predicted octanol–water partition coefficient (Wildman–Crippen LogP) is 14.0. The SMILES string of the molecule is CC1C=C(C2=CC(C3=CC=CCC3)N(C)C(c3ccc(-c4cccc5c4-c4ccccc4C54c5ccc6c(c5Sc5c4ccc4ccccc54)CCC=C6)cc3)=N2)C=CC1. The van der Waals surface area contributed by atoms with Gasteiger partial charge in [-0.2, -0.15) is 0 Å². The smallest absolute Gasteiger partial charge is 0.137 e. The molecule has 4 aliphatic carbocycles. The Morgan fingerprint density at radius 3 is 2.33 bits per heavy atom. The van der Waals surface area contributed by atoms with Crippen molar-refractivity contribution in [3.05, 3.63) is 220 Å². The van der Waals surface area contributed by atoms with Crippen molar-refractivity contribution in [1.82, 2.24) is 4.90 Å². The number of aliphatic imine (C=N–C) groups is 1. The van der Waals surface area contributed by atoms with Gasteiger partial charge in [0.25, 0.3) is 0 Å². The first-order chi connectivity index (χ1) is 29.6. The van der Waals surface area contributed by atoms with Gasteiger partial charge >= 0.3 is 0 Å². The standard InChI is InChI=1S/C57H46N2S/c1-36-14-12-19-42(34-36)51-35-52(40-17-4-3-5-18-40)59(2)56(58-51)41-28-26-39(27-29-41)43-23-13-25-48-53(43)46-22-10-11-24-47(46)57(48)49-32-30-37-15-6-8-20-44(37)54(49)60-55-45-21-9-7-16-38(45)31-33-50(55)57/h3-4,6-8,10-13,15-17,19-20,22-36,52H,5,9,14,18,21H2,1-2H3. The molecule has 6 aromatic rings. The molecule has 12 rings (SSSR count). The van der Waals surface area contributed by atoms with Crippen LogP contribution in [0.5, 0.6) is 0 Å². The van der Waals surface area contributed by atoms with Crippen LogP contribution >= 0.6 is 11.8 Å². The third-order valence-electron chi connectivity index (χ3n) is 13.9. The second-order valence-corrected chi connectivity index (χ2v) is 18.3. The molecule has 2 nitrogen and oxygen atoms in total. The quantitative estimate of drug-likeness (QED) is 0.176. The lowest BCUT2D eigenvalue weighted by Crippen LogP contribution is -2.40. The van der Waals surface area contributed by atoms with Crippen LogP contribution in [-0.4, -0.2) is 23.8 Å². The zero-order chi connectivity index (χ0) is 40.0. The van der Waals surface area contributed by atoms with Gasteiger partial charge in [0.05, 0.1) is 17.2 Å². The maximum Gasteiger partial charge on any atom is 0.137 e. The second-order valence-electron chi connectivity index (χ2n) is 17.3. The molecular weight excluding hydrogens is 745 g/mol. The van der Waals surface area contributed by atoms with E-state index in [0.29, 0.717) is 5.92 Å². The fourth-order valence-corrected chi connectivity index (χ4v) is 12.5. The molecule has 0 fully saturated rings. The topological polar surface area (TPSA) is 15.6 Å². The van der Waals surface area contributed by atoms with E-state index in [-0.39, 0.29) is 6.04 Å². The summed E-state index contributed by atoms with van der Waals surface area (Å²) in [6.45, 7) is 2.30. The summed E-state index contributed by atoms with van der Waals surface area (Å²) in [5, 5.41) is 2.63. The number of rotatable bonds is 4. The van der Waals surface area contributed by atoms with Crippen molar-refractivity contribution in [1.29, 1.82) is 0 Å². The molecule has 2 heterocycles. The van der Waals surface area contributed by atoms with Gasteiger partial charge in [-0.1, -0.05) is 183 Å². The maximum atomic E-state index is 5.41. The Morgan fingerprint density at radius 1 is 0.667 bits per heavy atom. The van der Waals surface area contributed by atoms with Gasteiger partial charge < -0.3 is 4.90 Å². The van der Waals surface area contributed by atoms with Crippen molar-refractivity contribution in [2.45, 2.75) is 60.3 Å². The van der Waals surface area contributed by atoms with E-state index in [1.165, 1.54) is 87.3 Å². The molecule has 0 N–H and O–H groups in total. The number of allylic oxidation sites excluding steroid dienone is 7. The van der Waals surface area contributed by atoms with E-state index in [4.69, 9.17) is 4.99 Å². The lowest BCUT2D eigenvalue weighted by atomic mass is 9.66. The van der Waals surface area contributed by atoms with E-state index in [2.05, 4.69) is 189 Å². The van der Waals surface area contributed by atoms with Gasteiger partial charge in [0.1, 0.15) is 5.84 Å². The monoisotopic (exact) mass is 790 g/mol. The number of hydrogen-bond donors (Lipinski definition) is 0. The normalized spacial score (nSPS) is 22.0. The minimum absolute atomic E-state index is 0.159. The number of benzene rings is 6. The van der Waals surface area contributed by atoms with E-state index in [1.54, 1.807) is 0 Å². The Labute approximate surface area is 357 Å². The number of hydrogen-bond acceptors (Lipinski definition) is 3. The van der Waals surface area contributed by atoms with Crippen LogP contribution in [0.4, 0.5) is 0 Å². The van der Waals surface area contributed by atoms with Crippen LogP contribution in [0, 0.1) is 5.92 Å². The molecule has 0 bridgehead atoms. The molecule has 0 aromatic heterocycles. The van der Waals surface area contributed by atoms with Crippen molar-refractivity contribution in [2.24, 2.45) is 10.9 Å². The number of fused-ring (bicyclic) bond motifs is 13. The average molecular weight is 791 g/mol. The molecule has 0 saturated heterocycles. The summed E-state index contributed by atoms with van der Waals surface area (Å²) in [5.74, 6) is 1.53. The van der Waals surface area contributed by atoms with E-state index in [0.717, 1.165) is 49.2 Å². The Bertz CT molecular complexity index is 3020. The highest BCUT2D eigenvalue weighted by Gasteiger charge is 2.51. The molecule has 3 atom stereocenters. The second kappa shape index (κ2) is 14.0. The van der Waals surface area contributed by atoms with Gasteiger partial charge in [-0.15, -0.1) is 0 Å². The minimum Gasteiger partial charge on any atom is -0.349 e. The van der Waals surface area contributed by atoms with Crippen LogP contribution < -0.4 is 0 Å². The third kappa shape index (κ3) is 5.31. The Balaban J connectivity index is 1.03. The first kappa shape index (κ1) is 35.8. The molecule has 1 spiro atoms. The molecule has 2 aliphatic heterocycles. The summed E-state index contributed by atoms with van der Waals surface area (Å²) in [7, 11) is 2.22. The minimum atomic E-state index is -0.446. The highest BCUT2D eigenvalue weighted by atomic mass is 32.2. The lowest BCUT2D eigenvalue weighted by molar-refractivity contribution is 0.451. The summed E-state index contributed by atoms with van der Waals surface area (Å²) >= 11 is 2.00. The van der Waals surface area contributed by atoms with Crippen LogP contribution in [0.25, 0.3) is 39.1 Å². The number of amidine groups is 1. The van der Waals surface area contributed by atoms with E-state index in [1.807, 2.05) is 11.8 Å². The van der Waals surface area contributed by atoms with Crippen LogP contribution in [0.2, 0.25) is 0 Å². The fraction of sp³-hybridized carbons (Fsp3) is 0.175. The molecule has 0 saturated carbocycles. The number of nitrogens with zero attached hydrogens (tertiary/aromatic N) is 2. The zero-order valence-corrected chi connectivity index (χ0v) is 35.0. The highest BCUT2D eigenvalue weighted by molar-refractivity contribution is 7.99. The summed E-state index contributed by atoms with van der Waals surface area (Å²) < 4.78 is 0. The highest BCUT2D eigenvalue weighted by Crippen LogP contribution is 2.65. The molecule has 3 unspecified atom stereocenters. The first-order valence-corrected chi connectivity index (χ1v) is 22.5. The van der Waals surface area contributed by atoms with Crippen molar-refractivity contribution < 1.29 is 0 Å². The first-order valence-electron chi connectivity index (χ1n) is 21.7. The Kier molecular flexibility index (Phi) is 8.32. The van der Waals surface area contributed by atoms with Crippen molar-refractivity contribution in [2.75, 3.05) is 7.05 Å². The van der Waals surface area contributed by atoms with Gasteiger partial charge in [0, 0.05) is 22.4 Å². The largest absolute Gasteiger partial charge is 0.349 e. The lowest BCUT2D eigenvalue weighted by Gasteiger charge is -2.41. The zero-order valence-electron chi connectivity index (χ0n) is 34.2. The molecule has 3 heteroatoms. The molecule has 0 radical (unpaired) electrons. The predicted molar refractivity (Wildman–Crippen MR) is 252 cm³/mol. The molecular formula is C57H46N2S. The van der Waals surface area contributed by atoms with E-state index >= 15 is 0 Å². The third-order valence-corrected chi connectivity index (χ3v) is 15.2. The fourth-order valence-electron chi connectivity index (χ4n) is 11.0. The molecule has 6 aromatic carbocycles. The van der Waals surface area contributed by atoms with Crippen LogP contribution in [0.1, 0.15) is 71.6 Å². The van der Waals surface area contributed by atoms with Crippen molar-refractivity contribution >= 4 is 34.4 Å². The van der Waals surface area contributed by atoms with E-state index < -0.39 is 5.41 Å². The van der Waals surface area contributed by atoms with Crippen LogP contribution in [0.3, 0.4) is 0 Å². The molecule has 290 valence electrons. The summed E-state index contributed by atoms with van der Waals surface area (Å²) in [6, 6.07) is 44.4. The molecule has 0 amide bonds. The maximum absolute atomic E-state index is 5.41. The van der Waals surface area contributed by atoms with Crippen LogP contribution in [-0.2, 0) is 11.8 Å². The van der Waals surface area contributed by atoms with Gasteiger partial charge in [0.2, 0.25) is 0 Å². The van der Waals surface area contributed by atoms with Gasteiger partial charge in [0.15, 0.2) is 0 Å². The van der Waals surface area contributed by atoms with Gasteiger partial charge in [-0.05, 0) is 122 Å². The summed E-state index contributed by atoms with van der Waals surface area (Å²) in [6.07, 6.45) is 26.2. The number of likely N-dealkylation sites (N-methyl/N-ethyl adjacent to an activating group) is 1. The average Bonchev–Trinajstić information content (AvgIpc) is 3.60. The Morgan fingerprint density at radius 2 is 1.45 bits per heavy atom. The molecule has 60 heavy (non-hydrogen) atoms. The summed E-state index contributed by atoms with van der Waals surface area (Å²) in [5.41, 5.74) is 18.0.